The summed E-state index contributed by atoms with van der Waals surface area (Å²) < 4.78 is 0. The summed E-state index contributed by atoms with van der Waals surface area (Å²) in [5.41, 5.74) is 2.58. The van der Waals surface area contributed by atoms with E-state index in [1.807, 2.05) is 25.1 Å². The van der Waals surface area contributed by atoms with Gasteiger partial charge in [0, 0.05) is 61.6 Å². The molecule has 0 spiro atoms. The molecular weight excluding hydrogens is 677 g/mol. The maximum atomic E-state index is 13.4. The number of piperazine rings is 1. The van der Waals surface area contributed by atoms with E-state index in [1.165, 1.54) is 17.2 Å². The van der Waals surface area contributed by atoms with Crippen LogP contribution in [0.2, 0.25) is 0 Å². The summed E-state index contributed by atoms with van der Waals surface area (Å²) in [6.45, 7) is 3.73. The summed E-state index contributed by atoms with van der Waals surface area (Å²) >= 11 is 0. The molecule has 0 bridgehead atoms. The van der Waals surface area contributed by atoms with Gasteiger partial charge in [-0.05, 0) is 55.6 Å². The highest BCUT2D eigenvalue weighted by Crippen LogP contribution is 2.27. The van der Waals surface area contributed by atoms with E-state index in [1.54, 1.807) is 53.4 Å². The third-order valence-electron chi connectivity index (χ3n) is 9.22. The zero-order valence-corrected chi connectivity index (χ0v) is 29.8. The Balaban J connectivity index is 0.984. The molecule has 4 aromatic rings. The Morgan fingerprint density at radius 1 is 0.792 bits per heavy atom. The standard InChI is InChI=1S/C38H46BN7O7/c1-26-25-45(35(48)27-13-7-6-8-14-27)21-22-46(26)36(49)34(47)31-24-42-33-30(31)17-12-18-32(33)44-38(51)41-20-10-5-3-2-4-9-19-40-37(50)43-29-16-11-15-28(23-29)39(52)53/h6-8,11-18,23-24,26,42,52-53H,2-5,9-10,19-22,25H2,1H3,(H2,40,43,50)(H2,41,44,51)/t26-/m1/s1. The number of H-pyrrole nitrogens is 1. The van der Waals surface area contributed by atoms with E-state index in [2.05, 4.69) is 26.3 Å². The van der Waals surface area contributed by atoms with Gasteiger partial charge in [-0.3, -0.25) is 14.4 Å². The number of nitrogens with one attached hydrogen (secondary N) is 5. The number of Topliss-reactive ketones (excluding diaryl/α,β-unsaturated/α-hetero) is 1. The fourth-order valence-electron chi connectivity index (χ4n) is 6.38. The van der Waals surface area contributed by atoms with Crippen molar-refractivity contribution in [3.05, 3.63) is 90.1 Å². The van der Waals surface area contributed by atoms with Crippen LogP contribution in [0.1, 0.15) is 66.2 Å². The third-order valence-corrected chi connectivity index (χ3v) is 9.22. The van der Waals surface area contributed by atoms with Gasteiger partial charge < -0.3 is 46.1 Å². The normalized spacial score (nSPS) is 14.1. The van der Waals surface area contributed by atoms with Gasteiger partial charge in [-0.15, -0.1) is 0 Å². The zero-order valence-electron chi connectivity index (χ0n) is 29.8. The Morgan fingerprint density at radius 2 is 1.45 bits per heavy atom. The second kappa shape index (κ2) is 18.7. The van der Waals surface area contributed by atoms with Crippen LogP contribution in [0.25, 0.3) is 10.9 Å². The van der Waals surface area contributed by atoms with Crippen LogP contribution in [-0.2, 0) is 4.79 Å². The summed E-state index contributed by atoms with van der Waals surface area (Å²) in [5.74, 6) is -1.39. The van der Waals surface area contributed by atoms with Crippen LogP contribution < -0.4 is 26.7 Å². The van der Waals surface area contributed by atoms with Crippen LogP contribution in [0.5, 0.6) is 0 Å². The first-order valence-electron chi connectivity index (χ1n) is 18.0. The molecule has 15 heteroatoms. The van der Waals surface area contributed by atoms with Crippen molar-refractivity contribution in [1.29, 1.82) is 0 Å². The number of hydrogen-bond donors (Lipinski definition) is 7. The Kier molecular flexibility index (Phi) is 13.6. The lowest BCUT2D eigenvalue weighted by Gasteiger charge is -2.39. The topological polar surface area (TPSA) is 196 Å². The van der Waals surface area contributed by atoms with Gasteiger partial charge in [-0.1, -0.05) is 68.1 Å². The van der Waals surface area contributed by atoms with Gasteiger partial charge in [0.15, 0.2) is 0 Å². The zero-order chi connectivity index (χ0) is 37.7. The summed E-state index contributed by atoms with van der Waals surface area (Å²) in [4.78, 5) is 70.7. The van der Waals surface area contributed by atoms with E-state index in [0.717, 1.165) is 38.5 Å². The minimum absolute atomic E-state index is 0.106. The van der Waals surface area contributed by atoms with Gasteiger partial charge >= 0.3 is 19.2 Å². The van der Waals surface area contributed by atoms with Crippen LogP contribution in [0.3, 0.4) is 0 Å². The highest BCUT2D eigenvalue weighted by Gasteiger charge is 2.34. The Hall–Kier alpha value is -5.67. The number of ketones is 1. The first-order valence-corrected chi connectivity index (χ1v) is 18.0. The molecule has 6 amide bonds. The molecule has 0 unspecified atom stereocenters. The molecule has 14 nitrogen and oxygen atoms in total. The molecule has 1 aromatic heterocycles. The molecule has 1 fully saturated rings. The number of hydrogen-bond acceptors (Lipinski definition) is 7. The lowest BCUT2D eigenvalue weighted by Crippen LogP contribution is -2.56. The van der Waals surface area contributed by atoms with Gasteiger partial charge in [0.25, 0.3) is 17.6 Å². The lowest BCUT2D eigenvalue weighted by atomic mass is 9.80. The Morgan fingerprint density at radius 3 is 2.13 bits per heavy atom. The molecule has 1 aliphatic rings. The fraction of sp³-hybridized carbons (Fsp3) is 0.342. The van der Waals surface area contributed by atoms with Gasteiger partial charge in [0.1, 0.15) is 0 Å². The van der Waals surface area contributed by atoms with Crippen molar-refractivity contribution in [3.8, 4) is 0 Å². The minimum atomic E-state index is -1.60. The first-order chi connectivity index (χ1) is 25.6. The molecule has 1 aliphatic heterocycles. The average molecular weight is 724 g/mol. The molecule has 0 aliphatic carbocycles. The highest BCUT2D eigenvalue weighted by molar-refractivity contribution is 6.58. The molecule has 278 valence electrons. The fourth-order valence-corrected chi connectivity index (χ4v) is 6.38. The van der Waals surface area contributed by atoms with Gasteiger partial charge in [0.2, 0.25) is 0 Å². The summed E-state index contributed by atoms with van der Waals surface area (Å²) in [6.07, 6.45) is 6.98. The number of rotatable bonds is 15. The van der Waals surface area contributed by atoms with Gasteiger partial charge in [0.05, 0.1) is 16.8 Å². The molecular formula is C38H46BN7O7. The van der Waals surface area contributed by atoms with Crippen molar-refractivity contribution in [2.45, 2.75) is 51.5 Å². The van der Waals surface area contributed by atoms with Crippen LogP contribution in [0.4, 0.5) is 21.0 Å². The van der Waals surface area contributed by atoms with E-state index in [0.29, 0.717) is 59.5 Å². The summed E-state index contributed by atoms with van der Waals surface area (Å²) in [5, 5.41) is 30.2. The highest BCUT2D eigenvalue weighted by atomic mass is 16.4. The monoisotopic (exact) mass is 723 g/mol. The second-order valence-electron chi connectivity index (χ2n) is 13.1. The Bertz CT molecular complexity index is 1900. The average Bonchev–Trinajstić information content (AvgIpc) is 3.60. The smallest absolute Gasteiger partial charge is 0.423 e. The number of aromatic amines is 1. The van der Waals surface area contributed by atoms with Gasteiger partial charge in [-0.25, -0.2) is 9.59 Å². The van der Waals surface area contributed by atoms with Crippen LogP contribution in [0, 0.1) is 0 Å². The maximum Gasteiger partial charge on any atom is 0.488 e. The molecule has 53 heavy (non-hydrogen) atoms. The molecule has 7 N–H and O–H groups in total. The number of para-hydroxylation sites is 1. The molecule has 1 atom stereocenters. The van der Waals surface area contributed by atoms with Crippen molar-refractivity contribution in [2.24, 2.45) is 0 Å². The largest absolute Gasteiger partial charge is 0.488 e. The Labute approximate surface area is 308 Å². The number of amides is 6. The van der Waals surface area contributed by atoms with E-state index in [4.69, 9.17) is 0 Å². The van der Waals surface area contributed by atoms with Crippen molar-refractivity contribution in [2.75, 3.05) is 43.4 Å². The predicted octanol–water partition coefficient (Wildman–Crippen LogP) is 3.69. The van der Waals surface area contributed by atoms with E-state index >= 15 is 0 Å². The number of urea groups is 2. The second-order valence-corrected chi connectivity index (χ2v) is 13.1. The van der Waals surface area contributed by atoms with Crippen molar-refractivity contribution < 1.29 is 34.0 Å². The minimum Gasteiger partial charge on any atom is -0.423 e. The van der Waals surface area contributed by atoms with E-state index in [-0.39, 0.29) is 36.1 Å². The number of fused-ring (bicyclic) bond motifs is 1. The molecule has 0 radical (unpaired) electrons. The number of aromatic nitrogens is 1. The van der Waals surface area contributed by atoms with Crippen molar-refractivity contribution in [1.82, 2.24) is 25.4 Å². The van der Waals surface area contributed by atoms with E-state index < -0.39 is 18.8 Å². The number of nitrogens with zero attached hydrogens (tertiary/aromatic N) is 2. The molecule has 3 aromatic carbocycles. The molecule has 2 heterocycles. The molecule has 5 rings (SSSR count). The van der Waals surface area contributed by atoms with Crippen LogP contribution in [0.15, 0.2) is 79.0 Å². The first kappa shape index (κ1) is 38.6. The number of carbonyl (C=O) groups excluding carboxylic acids is 5. The maximum absolute atomic E-state index is 13.4. The van der Waals surface area contributed by atoms with Crippen molar-refractivity contribution >= 4 is 64.5 Å². The van der Waals surface area contributed by atoms with E-state index in [9.17, 15) is 34.0 Å². The number of benzene rings is 3. The summed E-state index contributed by atoms with van der Waals surface area (Å²) in [6, 6.07) is 19.4. The van der Waals surface area contributed by atoms with Gasteiger partial charge in [-0.2, -0.15) is 0 Å². The van der Waals surface area contributed by atoms with Crippen LogP contribution in [-0.4, -0.2) is 100 Å². The van der Waals surface area contributed by atoms with Crippen molar-refractivity contribution in [3.63, 3.8) is 0 Å². The predicted molar refractivity (Wildman–Crippen MR) is 204 cm³/mol. The number of unbranched alkanes of at least 4 members (excludes halogenated alkanes) is 5. The quantitative estimate of drug-likeness (QED) is 0.0420. The number of carbonyl (C=O) groups is 5. The molecule has 0 saturated carbocycles. The van der Waals surface area contributed by atoms with Crippen LogP contribution >= 0.6 is 0 Å². The third kappa shape index (κ3) is 10.5. The summed E-state index contributed by atoms with van der Waals surface area (Å²) in [7, 11) is -1.60. The lowest BCUT2D eigenvalue weighted by molar-refractivity contribution is -0.130. The SMILES string of the molecule is C[C@@H]1CN(C(=O)c2ccccc2)CCN1C(=O)C(=O)c1c[nH]c2c(NC(=O)NCCCCCCCCNC(=O)Nc3cccc(B(O)O)c3)cccc12. The molecule has 1 saturated heterocycles. The number of anilines is 2.